The fourth-order valence-electron chi connectivity index (χ4n) is 11.6. The highest BCUT2D eigenvalue weighted by molar-refractivity contribution is 5.88. The van der Waals surface area contributed by atoms with Gasteiger partial charge in [-0.3, -0.25) is 19.4 Å². The molecule has 0 bridgehead atoms. The highest BCUT2D eigenvalue weighted by Crippen LogP contribution is 2.40. The molecule has 2 aromatic heterocycles. The number of likely N-dealkylation sites (tertiary alicyclic amines) is 1. The number of nitrogens with zero attached hydrogens (tertiary/aromatic N) is 8. The standard InChI is InChI=1S/C48H61FN5O3.C14H13N3O2/c1-34-25-47(50(4)35(34)2)45-27-38-15-16-52(48(55)29-39-13-14-43(30-46(39)49)57-24-19-51-17-22-56-23-18-51)31-41(38)28-44(45)36(3)53-32-40-12-8-7-11-37(40)26-42(53)33-54(5)20-9-6-10-21-54;1-10-14(7-12(8-15)16(10)2)17(9-18)11-3-5-13(19)6-4-11/h7-8,11-14,25,27-28,30,42H,3,6,9-10,15-24,26,29,31-33H2,1-2,4-5H3;3-7,9,19H,1-2H3/q+1;. The van der Waals surface area contributed by atoms with E-state index >= 15 is 4.39 Å². The highest BCUT2D eigenvalue weighted by Gasteiger charge is 2.37. The Morgan fingerprint density at radius 3 is 2.30 bits per heavy atom. The van der Waals surface area contributed by atoms with Gasteiger partial charge in [-0.2, -0.15) is 5.26 Å². The van der Waals surface area contributed by atoms with E-state index in [1.165, 1.54) is 94.7 Å². The van der Waals surface area contributed by atoms with E-state index < -0.39 is 5.82 Å². The summed E-state index contributed by atoms with van der Waals surface area (Å²) < 4.78 is 31.8. The largest absolute Gasteiger partial charge is 0.508 e. The Morgan fingerprint density at radius 1 is 0.895 bits per heavy atom. The average molecular weight is 1030 g/mol. The Kier molecular flexibility index (Phi) is 16.5. The van der Waals surface area contributed by atoms with Gasteiger partial charge in [0.25, 0.3) is 0 Å². The van der Waals surface area contributed by atoms with Gasteiger partial charge in [-0.25, -0.2) is 4.39 Å². The number of carbonyl (C=O) groups is 2. The molecule has 0 spiro atoms. The number of hydrogen-bond acceptors (Lipinski definition) is 8. The number of morpholine rings is 1. The molecule has 13 nitrogen and oxygen atoms in total. The number of quaternary nitrogens is 1. The lowest BCUT2D eigenvalue weighted by atomic mass is 9.88. The maximum Gasteiger partial charge on any atom is 0.227 e. The van der Waals surface area contributed by atoms with Gasteiger partial charge in [-0.05, 0) is 141 Å². The molecule has 2 fully saturated rings. The van der Waals surface area contributed by atoms with Crippen LogP contribution in [0.2, 0.25) is 0 Å². The van der Waals surface area contributed by atoms with Crippen LogP contribution in [0.1, 0.15) is 75.3 Å². The van der Waals surface area contributed by atoms with Crippen LogP contribution in [0.15, 0.2) is 97.6 Å². The van der Waals surface area contributed by atoms with E-state index in [1.807, 2.05) is 11.8 Å². The summed E-state index contributed by atoms with van der Waals surface area (Å²) in [5, 5.41) is 18.3. The normalized spacial score (nSPS) is 17.2. The van der Waals surface area contributed by atoms with Crippen LogP contribution in [0.4, 0.5) is 15.8 Å². The number of hydrogen-bond donors (Lipinski definition) is 1. The van der Waals surface area contributed by atoms with Gasteiger partial charge in [-0.15, -0.1) is 0 Å². The van der Waals surface area contributed by atoms with E-state index in [9.17, 15) is 14.7 Å². The molecule has 4 aliphatic rings. The van der Waals surface area contributed by atoms with Gasteiger partial charge >= 0.3 is 0 Å². The topological polar surface area (TPSA) is 119 Å². The van der Waals surface area contributed by atoms with Crippen molar-refractivity contribution >= 4 is 29.4 Å². The number of phenolic OH excluding ortho intramolecular Hbond substituents is 1. The molecule has 0 saturated carbocycles. The molecule has 6 heterocycles. The van der Waals surface area contributed by atoms with E-state index in [4.69, 9.17) is 21.3 Å². The summed E-state index contributed by atoms with van der Waals surface area (Å²) in [6, 6.07) is 31.2. The lowest BCUT2D eigenvalue weighted by Crippen LogP contribution is -2.56. The van der Waals surface area contributed by atoms with Crippen molar-refractivity contribution in [3.05, 3.63) is 159 Å². The van der Waals surface area contributed by atoms with Gasteiger partial charge in [0, 0.05) is 99.0 Å². The number of anilines is 2. The van der Waals surface area contributed by atoms with E-state index in [1.54, 1.807) is 41.9 Å². The molecule has 398 valence electrons. The fourth-order valence-corrected chi connectivity index (χ4v) is 11.6. The number of rotatable bonds is 14. The third kappa shape index (κ3) is 11.8. The molecule has 2 amide bonds. The number of halogens is 1. The number of amides is 2. The summed E-state index contributed by atoms with van der Waals surface area (Å²) in [7, 11) is 6.39. The summed E-state index contributed by atoms with van der Waals surface area (Å²) in [5.41, 5.74) is 15.3. The number of aromatic nitrogens is 2. The lowest BCUT2D eigenvalue weighted by molar-refractivity contribution is -0.915. The number of phenols is 1. The van der Waals surface area contributed by atoms with Crippen molar-refractivity contribution in [2.75, 3.05) is 77.6 Å². The van der Waals surface area contributed by atoms with Gasteiger partial charge in [-0.1, -0.05) is 36.9 Å². The van der Waals surface area contributed by atoms with Crippen LogP contribution in [0.25, 0.3) is 17.0 Å². The molecule has 76 heavy (non-hydrogen) atoms. The molecule has 10 rings (SSSR count). The van der Waals surface area contributed by atoms with Gasteiger partial charge in [0.1, 0.15) is 35.7 Å². The Hall–Kier alpha value is -7.18. The predicted octanol–water partition coefficient (Wildman–Crippen LogP) is 9.52. The van der Waals surface area contributed by atoms with Gasteiger partial charge in [0.15, 0.2) is 0 Å². The second-order valence-electron chi connectivity index (χ2n) is 21.5. The molecule has 0 aliphatic carbocycles. The predicted molar refractivity (Wildman–Crippen MR) is 297 cm³/mol. The zero-order valence-corrected chi connectivity index (χ0v) is 45.3. The van der Waals surface area contributed by atoms with Crippen molar-refractivity contribution in [3.8, 4) is 28.8 Å². The van der Waals surface area contributed by atoms with Crippen molar-refractivity contribution in [1.29, 1.82) is 5.26 Å². The van der Waals surface area contributed by atoms with Gasteiger partial charge < -0.3 is 38.0 Å². The Morgan fingerprint density at radius 2 is 1.63 bits per heavy atom. The second-order valence-corrected chi connectivity index (χ2v) is 21.5. The molecule has 6 aromatic rings. The molecule has 14 heteroatoms. The van der Waals surface area contributed by atoms with Gasteiger partial charge in [0.05, 0.1) is 58.0 Å². The zero-order chi connectivity index (χ0) is 53.7. The van der Waals surface area contributed by atoms with Gasteiger partial charge in [0.2, 0.25) is 12.3 Å². The van der Waals surface area contributed by atoms with Crippen LogP contribution in [0, 0.1) is 37.9 Å². The number of piperidine rings is 1. The highest BCUT2D eigenvalue weighted by atomic mass is 19.1. The lowest BCUT2D eigenvalue weighted by Gasteiger charge is -2.46. The van der Waals surface area contributed by atoms with E-state index in [-0.39, 0.29) is 18.1 Å². The Labute approximate surface area is 448 Å². The fraction of sp³-hybridized carbons (Fsp3) is 0.403. The van der Waals surface area contributed by atoms with Crippen LogP contribution in [0.5, 0.6) is 11.5 Å². The van der Waals surface area contributed by atoms with Crippen LogP contribution >= 0.6 is 0 Å². The molecular formula is C62H74FN8O5+. The van der Waals surface area contributed by atoms with Crippen molar-refractivity contribution in [2.24, 2.45) is 14.1 Å². The van der Waals surface area contributed by atoms with Crippen LogP contribution < -0.4 is 9.64 Å². The number of aromatic hydroxyl groups is 1. The Balaban J connectivity index is 0.000000312. The Bertz CT molecular complexity index is 3120. The summed E-state index contributed by atoms with van der Waals surface area (Å²) in [4.78, 5) is 33.4. The molecule has 1 atom stereocenters. The molecule has 2 saturated heterocycles. The molecular weight excluding hydrogens is 956 g/mol. The number of fused-ring (bicyclic) bond motifs is 2. The summed E-state index contributed by atoms with van der Waals surface area (Å²) in [6.45, 7) is 21.1. The summed E-state index contributed by atoms with van der Waals surface area (Å²) >= 11 is 0. The first-order valence-electron chi connectivity index (χ1n) is 26.9. The minimum absolute atomic E-state index is 0.0145. The van der Waals surface area contributed by atoms with Crippen LogP contribution in [0.3, 0.4) is 0 Å². The first kappa shape index (κ1) is 53.6. The van der Waals surface area contributed by atoms with Crippen molar-refractivity contribution in [1.82, 2.24) is 23.8 Å². The molecule has 1 N–H and O–H groups in total. The number of benzene rings is 4. The first-order valence-corrected chi connectivity index (χ1v) is 26.9. The minimum atomic E-state index is -0.403. The summed E-state index contributed by atoms with van der Waals surface area (Å²) in [5.74, 6) is 0.156. The van der Waals surface area contributed by atoms with E-state index in [0.29, 0.717) is 60.5 Å². The third-order valence-electron chi connectivity index (χ3n) is 16.6. The molecule has 4 aromatic carbocycles. The van der Waals surface area contributed by atoms with Crippen molar-refractivity contribution < 1.29 is 33.0 Å². The first-order chi connectivity index (χ1) is 36.6. The van der Waals surface area contributed by atoms with Crippen LogP contribution in [-0.4, -0.2) is 124 Å². The maximum absolute atomic E-state index is 15.4. The van der Waals surface area contributed by atoms with Crippen molar-refractivity contribution in [2.45, 2.75) is 78.4 Å². The SMILES string of the molecule is C=C(c1cc2c(cc1-c1cc(C)c(C)n1C)CCN(C(=O)Cc1ccc(OCCN3CCOCC3)cc1F)C2)N1Cc2ccccc2CC1C[N+]1(C)CCCCC1.Cc1c(N(C=O)c2ccc(O)cc2)cc(C#N)n1C. The quantitative estimate of drug-likeness (QED) is 0.0847. The van der Waals surface area contributed by atoms with Crippen LogP contribution in [-0.2, 0) is 60.8 Å². The smallest absolute Gasteiger partial charge is 0.227 e. The molecule has 0 radical (unpaired) electrons. The maximum atomic E-state index is 15.4. The molecule has 4 aliphatic heterocycles. The number of likely N-dealkylation sites (N-methyl/N-ethyl adjacent to an activating group) is 1. The number of nitriles is 1. The average Bonchev–Trinajstić information content (AvgIpc) is 3.87. The van der Waals surface area contributed by atoms with Crippen molar-refractivity contribution in [3.63, 3.8) is 0 Å². The monoisotopic (exact) mass is 1030 g/mol. The number of carbonyl (C=O) groups excluding carboxylic acids is 2. The summed E-state index contributed by atoms with van der Waals surface area (Å²) in [6.07, 6.45) is 6.37. The third-order valence-corrected chi connectivity index (χ3v) is 16.6. The number of aryl methyl sites for hydroxylation is 1. The zero-order valence-electron chi connectivity index (χ0n) is 45.3. The van der Waals surface area contributed by atoms with E-state index in [2.05, 4.69) is 90.8 Å². The molecule has 1 unspecified atom stereocenters. The minimum Gasteiger partial charge on any atom is -0.508 e. The second kappa shape index (κ2) is 23.4. The number of ether oxygens (including phenoxy) is 2. The van der Waals surface area contributed by atoms with E-state index in [0.717, 1.165) is 85.8 Å².